The summed E-state index contributed by atoms with van der Waals surface area (Å²) in [7, 11) is -6.94. The number of carboxylic acids is 1. The first-order valence-corrected chi connectivity index (χ1v) is 15.0. The van der Waals surface area contributed by atoms with Crippen molar-refractivity contribution in [2.45, 2.75) is 24.3 Å². The summed E-state index contributed by atoms with van der Waals surface area (Å²) < 4.78 is 52.0. The zero-order chi connectivity index (χ0) is 29.3. The van der Waals surface area contributed by atoms with Gasteiger partial charge in [-0.1, -0.05) is 35.9 Å². The molecule has 2 aromatic carbocycles. The van der Waals surface area contributed by atoms with Gasteiger partial charge in [0.15, 0.2) is 9.84 Å². The molecule has 2 N–H and O–H groups in total. The van der Waals surface area contributed by atoms with Gasteiger partial charge in [0.1, 0.15) is 9.92 Å². The lowest BCUT2D eigenvalue weighted by molar-refractivity contribution is -0.384. The van der Waals surface area contributed by atoms with Gasteiger partial charge in [-0.15, -0.1) is 0 Å². The molecule has 0 radical (unpaired) electrons. The van der Waals surface area contributed by atoms with E-state index in [1.54, 1.807) is 19.1 Å². The molecular formula is C23H25ClN4O9S2. The van der Waals surface area contributed by atoms with Crippen LogP contribution in [0.4, 0.5) is 10.5 Å². The summed E-state index contributed by atoms with van der Waals surface area (Å²) in [6.07, 6.45) is 0.724. The van der Waals surface area contributed by atoms with Crippen molar-refractivity contribution in [3.63, 3.8) is 0 Å². The number of hydrogen-bond acceptors (Lipinski definition) is 8. The van der Waals surface area contributed by atoms with Gasteiger partial charge in [0, 0.05) is 38.5 Å². The van der Waals surface area contributed by atoms with E-state index < -0.39 is 59.1 Å². The van der Waals surface area contributed by atoms with Gasteiger partial charge in [-0.25, -0.2) is 30.7 Å². The zero-order valence-corrected chi connectivity index (χ0v) is 23.4. The van der Waals surface area contributed by atoms with Gasteiger partial charge in [-0.3, -0.25) is 15.4 Å². The zero-order valence-electron chi connectivity index (χ0n) is 21.0. The van der Waals surface area contributed by atoms with Crippen molar-refractivity contribution in [3.05, 3.63) is 79.3 Å². The Bertz CT molecular complexity index is 1570. The number of nitrogens with zero attached hydrogens (tertiary/aromatic N) is 3. The van der Waals surface area contributed by atoms with Crippen molar-refractivity contribution in [1.29, 1.82) is 0 Å². The van der Waals surface area contributed by atoms with Crippen molar-refractivity contribution in [2.24, 2.45) is 0 Å². The van der Waals surface area contributed by atoms with E-state index in [0.717, 1.165) is 27.6 Å². The Morgan fingerprint density at radius 1 is 1.21 bits per heavy atom. The number of nitro groups is 1. The molecule has 39 heavy (non-hydrogen) atoms. The molecule has 0 fully saturated rings. The van der Waals surface area contributed by atoms with Crippen LogP contribution < -0.4 is 5.32 Å². The number of nitro benzene ring substituents is 1. The summed E-state index contributed by atoms with van der Waals surface area (Å²) in [5, 5.41) is 22.6. The first-order valence-electron chi connectivity index (χ1n) is 11.3. The third-order valence-electron chi connectivity index (χ3n) is 6.01. The van der Waals surface area contributed by atoms with E-state index in [9.17, 15) is 41.6 Å². The molecule has 2 aromatic rings. The molecular weight excluding hydrogens is 576 g/mol. The van der Waals surface area contributed by atoms with Crippen LogP contribution in [-0.2, 0) is 24.7 Å². The number of benzene rings is 2. The first kappa shape index (κ1) is 30.0. The second kappa shape index (κ2) is 11.3. The van der Waals surface area contributed by atoms with E-state index in [4.69, 9.17) is 11.6 Å². The molecule has 210 valence electrons. The van der Waals surface area contributed by atoms with Crippen LogP contribution in [0.15, 0.2) is 58.0 Å². The van der Waals surface area contributed by atoms with E-state index in [1.165, 1.54) is 25.2 Å². The second-order valence-corrected chi connectivity index (χ2v) is 13.1. The molecule has 0 saturated carbocycles. The summed E-state index contributed by atoms with van der Waals surface area (Å²) in [4.78, 5) is 36.9. The largest absolute Gasteiger partial charge is 0.478 e. The van der Waals surface area contributed by atoms with Crippen LogP contribution in [0.25, 0.3) is 0 Å². The van der Waals surface area contributed by atoms with E-state index >= 15 is 0 Å². The Morgan fingerprint density at radius 3 is 2.41 bits per heavy atom. The van der Waals surface area contributed by atoms with Gasteiger partial charge in [0.2, 0.25) is 10.0 Å². The summed E-state index contributed by atoms with van der Waals surface area (Å²) >= 11 is 6.13. The number of carbonyl (C=O) groups excluding carboxylic acids is 1. The quantitative estimate of drug-likeness (QED) is 0.305. The lowest BCUT2D eigenvalue weighted by atomic mass is 9.95. The number of hydrogen-bond donors (Lipinski definition) is 2. The van der Waals surface area contributed by atoms with E-state index in [1.807, 2.05) is 0 Å². The Kier molecular flexibility index (Phi) is 8.69. The monoisotopic (exact) mass is 600 g/mol. The molecule has 1 aliphatic rings. The fourth-order valence-corrected chi connectivity index (χ4v) is 7.06. The highest BCUT2D eigenvalue weighted by molar-refractivity contribution is 7.94. The summed E-state index contributed by atoms with van der Waals surface area (Å²) in [5.41, 5.74) is -0.680. The van der Waals surface area contributed by atoms with Crippen LogP contribution in [0.5, 0.6) is 0 Å². The van der Waals surface area contributed by atoms with Crippen LogP contribution in [0.3, 0.4) is 0 Å². The minimum absolute atomic E-state index is 0.000809. The van der Waals surface area contributed by atoms with Crippen molar-refractivity contribution in [1.82, 2.24) is 14.5 Å². The maximum Gasteiger partial charge on any atom is 0.336 e. The van der Waals surface area contributed by atoms with Crippen molar-refractivity contribution >= 4 is 49.1 Å². The second-order valence-electron chi connectivity index (χ2n) is 8.76. The standard InChI is InChI=1S/C23H25ClN4O9S2/c1-14-7-4-10-17(24)20(14)39(36,37)26(2)11-6-12-27-19(15-8-5-9-16(13-15)28(32)33)18(22(29)30)21(25-23(27)31)38(3,34)35/h4-5,7-10,13,19H,6,11-12H2,1-3H3,(H,25,31)(H,29,30). The highest BCUT2D eigenvalue weighted by atomic mass is 35.5. The van der Waals surface area contributed by atoms with Gasteiger partial charge >= 0.3 is 12.0 Å². The van der Waals surface area contributed by atoms with Crippen molar-refractivity contribution in [3.8, 4) is 0 Å². The van der Waals surface area contributed by atoms with Crippen molar-refractivity contribution in [2.75, 3.05) is 26.4 Å². The number of amides is 2. The number of urea groups is 1. The first-order chi connectivity index (χ1) is 18.1. The number of carbonyl (C=O) groups is 2. The fraction of sp³-hybridized carbons (Fsp3) is 0.304. The maximum atomic E-state index is 13.1. The minimum Gasteiger partial charge on any atom is -0.478 e. The maximum absolute atomic E-state index is 13.1. The number of aliphatic carboxylic acids is 1. The lowest BCUT2D eigenvalue weighted by Gasteiger charge is -2.37. The Morgan fingerprint density at radius 2 is 1.85 bits per heavy atom. The number of carboxylic acid groups (broad SMARTS) is 1. The number of nitrogens with one attached hydrogen (secondary N) is 1. The molecule has 1 aliphatic heterocycles. The molecule has 1 unspecified atom stereocenters. The number of aryl methyl sites for hydroxylation is 1. The van der Waals surface area contributed by atoms with E-state index in [0.29, 0.717) is 5.56 Å². The van der Waals surface area contributed by atoms with E-state index in [2.05, 4.69) is 5.32 Å². The third-order valence-corrected chi connectivity index (χ3v) is 9.56. The third kappa shape index (κ3) is 6.21. The van der Waals surface area contributed by atoms with Crippen molar-refractivity contribution < 1.29 is 36.5 Å². The number of sulfone groups is 1. The summed E-state index contributed by atoms with van der Waals surface area (Å²) in [6, 6.07) is 6.98. The van der Waals surface area contributed by atoms with E-state index in [-0.39, 0.29) is 35.0 Å². The number of rotatable bonds is 10. The van der Waals surface area contributed by atoms with Crippen LogP contribution >= 0.6 is 11.6 Å². The van der Waals surface area contributed by atoms with Crippen LogP contribution in [0.1, 0.15) is 23.6 Å². The number of halogens is 1. The van der Waals surface area contributed by atoms with Gasteiger partial charge in [0.25, 0.3) is 5.69 Å². The van der Waals surface area contributed by atoms with Crippen LogP contribution in [-0.4, -0.2) is 74.5 Å². The molecule has 16 heteroatoms. The molecule has 3 rings (SSSR count). The Hall–Kier alpha value is -3.53. The fourth-order valence-electron chi connectivity index (χ4n) is 4.21. The highest BCUT2D eigenvalue weighted by Crippen LogP contribution is 2.36. The summed E-state index contributed by atoms with van der Waals surface area (Å²) in [6.45, 7) is 1.24. The molecule has 0 saturated heterocycles. The molecule has 0 aliphatic carbocycles. The molecule has 13 nitrogen and oxygen atoms in total. The van der Waals surface area contributed by atoms with Crippen LogP contribution in [0.2, 0.25) is 5.02 Å². The summed E-state index contributed by atoms with van der Waals surface area (Å²) in [5.74, 6) is -1.66. The Labute approximate surface area is 229 Å². The lowest BCUT2D eigenvalue weighted by Crippen LogP contribution is -2.50. The van der Waals surface area contributed by atoms with Crippen LogP contribution in [0, 0.1) is 17.0 Å². The average Bonchev–Trinajstić information content (AvgIpc) is 2.83. The number of non-ortho nitro benzene ring substituents is 1. The predicted octanol–water partition coefficient (Wildman–Crippen LogP) is 2.67. The molecule has 0 bridgehead atoms. The SMILES string of the molecule is Cc1cccc(Cl)c1S(=O)(=O)N(C)CCCN1C(=O)NC(S(C)(=O)=O)=C(C(=O)O)C1c1cccc([N+](=O)[O-])c1. The molecule has 0 spiro atoms. The Balaban J connectivity index is 1.99. The van der Waals surface area contributed by atoms with Gasteiger partial charge in [-0.05, 0) is 30.5 Å². The molecule has 2 amide bonds. The molecule has 0 aromatic heterocycles. The molecule has 1 heterocycles. The van der Waals surface area contributed by atoms with Gasteiger partial charge < -0.3 is 10.0 Å². The normalized spacial score (nSPS) is 16.4. The van der Waals surface area contributed by atoms with Gasteiger partial charge in [-0.2, -0.15) is 0 Å². The van der Waals surface area contributed by atoms with Gasteiger partial charge in [0.05, 0.1) is 21.6 Å². The smallest absolute Gasteiger partial charge is 0.336 e. The minimum atomic E-state index is -4.23. The predicted molar refractivity (Wildman–Crippen MR) is 141 cm³/mol. The number of sulfonamides is 1. The topological polar surface area (TPSA) is 184 Å². The molecule has 1 atom stereocenters. The average molecular weight is 601 g/mol. The highest BCUT2D eigenvalue weighted by Gasteiger charge is 2.42.